The molecule has 0 radical (unpaired) electrons. The molecule has 1 heterocycles. The number of nitrogens with zero attached hydrogens (tertiary/aromatic N) is 1. The molecule has 0 amide bonds. The molecule has 0 bridgehead atoms. The number of hydrogen-bond donors (Lipinski definition) is 1. The average Bonchev–Trinajstić information content (AvgIpc) is 2.71. The first-order valence-electron chi connectivity index (χ1n) is 5.74. The fraction of sp³-hybridized carbons (Fsp3) is 0.0714. The smallest absolute Gasteiger partial charge is 0.182 e. The Balaban J connectivity index is 2.44. The van der Waals surface area contributed by atoms with Crippen molar-refractivity contribution >= 4 is 50.8 Å². The highest BCUT2D eigenvalue weighted by Crippen LogP contribution is 2.31. The van der Waals surface area contributed by atoms with Crippen LogP contribution in [0.1, 0.15) is 5.56 Å². The van der Waals surface area contributed by atoms with Crippen LogP contribution in [0.3, 0.4) is 0 Å². The van der Waals surface area contributed by atoms with Gasteiger partial charge in [0.1, 0.15) is 0 Å². The number of benzene rings is 2. The minimum Gasteiger partial charge on any atom is -0.330 e. The number of para-hydroxylation sites is 1. The Bertz CT molecular complexity index is 835. The number of aromatic nitrogens is 2. The van der Waals surface area contributed by atoms with Crippen LogP contribution in [0.25, 0.3) is 16.7 Å². The van der Waals surface area contributed by atoms with Crippen molar-refractivity contribution in [3.63, 3.8) is 0 Å². The maximum absolute atomic E-state index is 6.16. The van der Waals surface area contributed by atoms with Gasteiger partial charge in [0, 0.05) is 0 Å². The van der Waals surface area contributed by atoms with Crippen LogP contribution in [0.15, 0.2) is 40.9 Å². The first-order valence-corrected chi connectivity index (χ1v) is 7.32. The van der Waals surface area contributed by atoms with Crippen molar-refractivity contribution < 1.29 is 0 Å². The highest BCUT2D eigenvalue weighted by molar-refractivity contribution is 9.10. The molecule has 5 heteroatoms. The van der Waals surface area contributed by atoms with Crippen molar-refractivity contribution in [1.82, 2.24) is 9.55 Å². The number of aryl methyl sites for hydroxylation is 1. The van der Waals surface area contributed by atoms with Gasteiger partial charge in [0.15, 0.2) is 4.77 Å². The highest BCUT2D eigenvalue weighted by atomic mass is 79.9. The SMILES string of the molecule is Cc1cccc2c1[nH]c(=S)n2-c1cccc(Cl)c1Br. The Kier molecular flexibility index (Phi) is 3.25. The fourth-order valence-corrected chi connectivity index (χ4v) is 3.09. The van der Waals surface area contributed by atoms with E-state index >= 15 is 0 Å². The third-order valence-electron chi connectivity index (χ3n) is 3.10. The van der Waals surface area contributed by atoms with Gasteiger partial charge < -0.3 is 4.98 Å². The number of fused-ring (bicyclic) bond motifs is 1. The highest BCUT2D eigenvalue weighted by Gasteiger charge is 2.11. The van der Waals surface area contributed by atoms with E-state index in [2.05, 4.69) is 33.9 Å². The summed E-state index contributed by atoms with van der Waals surface area (Å²) < 4.78 is 3.50. The molecular formula is C14H10BrClN2S. The molecule has 2 aromatic carbocycles. The van der Waals surface area contributed by atoms with Crippen molar-refractivity contribution in [3.05, 3.63) is 56.2 Å². The van der Waals surface area contributed by atoms with E-state index in [0.717, 1.165) is 21.2 Å². The van der Waals surface area contributed by atoms with Gasteiger partial charge in [-0.05, 0) is 58.8 Å². The van der Waals surface area contributed by atoms with Crippen LogP contribution in [0.2, 0.25) is 5.02 Å². The summed E-state index contributed by atoms with van der Waals surface area (Å²) in [5.74, 6) is 0. The van der Waals surface area contributed by atoms with Crippen molar-refractivity contribution in [1.29, 1.82) is 0 Å². The Labute approximate surface area is 129 Å². The summed E-state index contributed by atoms with van der Waals surface area (Å²) in [6.45, 7) is 2.06. The molecule has 0 aliphatic carbocycles. The molecule has 0 unspecified atom stereocenters. The maximum atomic E-state index is 6.16. The van der Waals surface area contributed by atoms with Gasteiger partial charge >= 0.3 is 0 Å². The number of rotatable bonds is 1. The molecule has 0 saturated heterocycles. The van der Waals surface area contributed by atoms with E-state index in [9.17, 15) is 0 Å². The molecule has 3 rings (SSSR count). The number of hydrogen-bond acceptors (Lipinski definition) is 1. The van der Waals surface area contributed by atoms with Crippen molar-refractivity contribution in [3.8, 4) is 5.69 Å². The first-order chi connectivity index (χ1) is 9.09. The summed E-state index contributed by atoms with van der Waals surface area (Å²) in [4.78, 5) is 3.25. The number of imidazole rings is 1. The lowest BCUT2D eigenvalue weighted by molar-refractivity contribution is 1.06. The zero-order valence-electron chi connectivity index (χ0n) is 10.1. The van der Waals surface area contributed by atoms with Crippen LogP contribution < -0.4 is 0 Å². The van der Waals surface area contributed by atoms with Gasteiger partial charge in [-0.15, -0.1) is 0 Å². The van der Waals surface area contributed by atoms with E-state index in [1.807, 2.05) is 34.9 Å². The molecule has 19 heavy (non-hydrogen) atoms. The first kappa shape index (κ1) is 12.9. The quantitative estimate of drug-likeness (QED) is 0.580. The lowest BCUT2D eigenvalue weighted by atomic mass is 10.2. The summed E-state index contributed by atoms with van der Waals surface area (Å²) in [5.41, 5.74) is 4.21. The van der Waals surface area contributed by atoms with Crippen LogP contribution >= 0.6 is 39.7 Å². The minimum atomic E-state index is 0.660. The largest absolute Gasteiger partial charge is 0.330 e. The number of nitrogens with one attached hydrogen (secondary N) is 1. The van der Waals surface area contributed by atoms with Crippen molar-refractivity contribution in [2.45, 2.75) is 6.92 Å². The van der Waals surface area contributed by atoms with E-state index in [-0.39, 0.29) is 0 Å². The molecule has 3 aromatic rings. The van der Waals surface area contributed by atoms with Gasteiger partial charge in [-0.2, -0.15) is 0 Å². The minimum absolute atomic E-state index is 0.660. The summed E-state index contributed by atoms with van der Waals surface area (Å²) in [5, 5.41) is 0.668. The van der Waals surface area contributed by atoms with E-state index in [1.165, 1.54) is 5.56 Å². The second-order valence-corrected chi connectivity index (χ2v) is 5.89. The zero-order chi connectivity index (χ0) is 13.6. The van der Waals surface area contributed by atoms with Crippen LogP contribution in [0, 0.1) is 11.7 Å². The molecule has 0 atom stereocenters. The van der Waals surface area contributed by atoms with Gasteiger partial charge in [0.25, 0.3) is 0 Å². The third kappa shape index (κ3) is 2.04. The number of halogens is 2. The normalized spacial score (nSPS) is 11.1. The van der Waals surface area contributed by atoms with Crippen LogP contribution in [-0.4, -0.2) is 9.55 Å². The molecule has 0 spiro atoms. The van der Waals surface area contributed by atoms with Crippen molar-refractivity contribution in [2.75, 3.05) is 0 Å². The molecule has 0 aliphatic heterocycles. The second kappa shape index (κ2) is 4.78. The molecule has 96 valence electrons. The van der Waals surface area contributed by atoms with E-state index in [4.69, 9.17) is 23.8 Å². The van der Waals surface area contributed by atoms with E-state index < -0.39 is 0 Å². The third-order valence-corrected chi connectivity index (χ3v) is 4.76. The molecule has 1 N–H and O–H groups in total. The van der Waals surface area contributed by atoms with Gasteiger partial charge in [0.2, 0.25) is 0 Å². The Morgan fingerprint density at radius 2 is 1.95 bits per heavy atom. The predicted molar refractivity (Wildman–Crippen MR) is 85.9 cm³/mol. The summed E-state index contributed by atoms with van der Waals surface area (Å²) in [7, 11) is 0. The standard InChI is InChI=1S/C14H10BrClN2S/c1-8-4-2-7-11-13(8)17-14(19)18(11)10-6-3-5-9(16)12(10)15/h2-7H,1H3,(H,17,19). The molecule has 1 aromatic heterocycles. The number of H-pyrrole nitrogens is 1. The van der Waals surface area contributed by atoms with Crippen LogP contribution in [-0.2, 0) is 0 Å². The van der Waals surface area contributed by atoms with Gasteiger partial charge in [-0.1, -0.05) is 29.8 Å². The molecule has 2 nitrogen and oxygen atoms in total. The van der Waals surface area contributed by atoms with Crippen LogP contribution in [0.4, 0.5) is 0 Å². The number of aromatic amines is 1. The predicted octanol–water partition coefficient (Wildman–Crippen LogP) is 5.41. The molecule has 0 aliphatic rings. The summed E-state index contributed by atoms with van der Waals surface area (Å²) in [6, 6.07) is 11.9. The molecule has 0 fully saturated rings. The Hall–Kier alpha value is -1.10. The van der Waals surface area contributed by atoms with Crippen LogP contribution in [0.5, 0.6) is 0 Å². The van der Waals surface area contributed by atoms with Gasteiger partial charge in [-0.3, -0.25) is 4.57 Å². The second-order valence-electron chi connectivity index (χ2n) is 4.31. The average molecular weight is 354 g/mol. The van der Waals surface area contributed by atoms with Gasteiger partial charge in [-0.25, -0.2) is 0 Å². The Morgan fingerprint density at radius 3 is 2.74 bits per heavy atom. The molecular weight excluding hydrogens is 344 g/mol. The zero-order valence-corrected chi connectivity index (χ0v) is 13.2. The van der Waals surface area contributed by atoms with Gasteiger partial charge in [0.05, 0.1) is 26.2 Å². The Morgan fingerprint density at radius 1 is 1.21 bits per heavy atom. The van der Waals surface area contributed by atoms with E-state index in [0.29, 0.717) is 9.79 Å². The maximum Gasteiger partial charge on any atom is 0.182 e. The topological polar surface area (TPSA) is 20.7 Å². The monoisotopic (exact) mass is 352 g/mol. The van der Waals surface area contributed by atoms with Crippen molar-refractivity contribution in [2.24, 2.45) is 0 Å². The lowest BCUT2D eigenvalue weighted by Crippen LogP contribution is -1.95. The van der Waals surface area contributed by atoms with E-state index in [1.54, 1.807) is 0 Å². The molecule has 0 saturated carbocycles. The fourth-order valence-electron chi connectivity index (χ4n) is 2.18. The summed E-state index contributed by atoms with van der Waals surface area (Å²) in [6.07, 6.45) is 0. The summed E-state index contributed by atoms with van der Waals surface area (Å²) >= 11 is 15.1. The lowest BCUT2D eigenvalue weighted by Gasteiger charge is -2.08.